The van der Waals surface area contributed by atoms with Crippen LogP contribution in [0.1, 0.15) is 24.8 Å². The molecule has 0 N–H and O–H groups in total. The highest BCUT2D eigenvalue weighted by Crippen LogP contribution is 2.50. The second kappa shape index (κ2) is 3.64. The highest BCUT2D eigenvalue weighted by Gasteiger charge is 2.47. The second-order valence-corrected chi connectivity index (χ2v) is 6.52. The van der Waals surface area contributed by atoms with Gasteiger partial charge in [-0.1, -0.05) is 18.0 Å². The third-order valence-electron chi connectivity index (χ3n) is 4.04. The van der Waals surface area contributed by atoms with Crippen molar-refractivity contribution in [3.63, 3.8) is 0 Å². The maximum Gasteiger partial charge on any atom is 0.0526 e. The average molecular weight is 301 g/mol. The predicted molar refractivity (Wildman–Crippen MR) is 72.4 cm³/mol. The van der Waals surface area contributed by atoms with E-state index in [1.165, 1.54) is 42.5 Å². The van der Waals surface area contributed by atoms with E-state index in [1.54, 1.807) is 0 Å². The Labute approximate surface area is 110 Å². The first-order valence-corrected chi connectivity index (χ1v) is 6.97. The molecule has 2 aliphatic rings. The molecule has 86 valence electrons. The monoisotopic (exact) mass is 299 g/mol. The lowest BCUT2D eigenvalue weighted by atomic mass is 9.63. The van der Waals surface area contributed by atoms with E-state index in [2.05, 4.69) is 33.0 Å². The van der Waals surface area contributed by atoms with Gasteiger partial charge in [-0.15, -0.1) is 0 Å². The van der Waals surface area contributed by atoms with Crippen molar-refractivity contribution in [3.05, 3.63) is 27.2 Å². The van der Waals surface area contributed by atoms with Crippen LogP contribution in [-0.4, -0.2) is 13.1 Å². The Morgan fingerprint density at radius 1 is 1.31 bits per heavy atom. The van der Waals surface area contributed by atoms with Gasteiger partial charge in [0.2, 0.25) is 0 Å². The highest BCUT2D eigenvalue weighted by atomic mass is 79.9. The lowest BCUT2D eigenvalue weighted by Gasteiger charge is -2.57. The van der Waals surface area contributed by atoms with Gasteiger partial charge in [0.15, 0.2) is 0 Å². The van der Waals surface area contributed by atoms with E-state index in [0.29, 0.717) is 5.41 Å². The van der Waals surface area contributed by atoms with Crippen molar-refractivity contribution in [1.82, 2.24) is 0 Å². The van der Waals surface area contributed by atoms with Crippen LogP contribution in [0.5, 0.6) is 0 Å². The largest absolute Gasteiger partial charge is 0.369 e. The van der Waals surface area contributed by atoms with Gasteiger partial charge in [0.1, 0.15) is 0 Å². The average Bonchev–Trinajstić information content (AvgIpc) is 2.08. The molecule has 0 radical (unpaired) electrons. The molecule has 3 rings (SSSR count). The van der Waals surface area contributed by atoms with Crippen molar-refractivity contribution in [2.75, 3.05) is 18.0 Å². The summed E-state index contributed by atoms with van der Waals surface area (Å²) in [5.74, 6) is 0. The minimum absolute atomic E-state index is 0.663. The summed E-state index contributed by atoms with van der Waals surface area (Å²) in [6.45, 7) is 4.47. The molecule has 1 saturated carbocycles. The molecule has 1 aromatic carbocycles. The van der Waals surface area contributed by atoms with E-state index >= 15 is 0 Å². The van der Waals surface area contributed by atoms with Gasteiger partial charge in [0, 0.05) is 28.0 Å². The summed E-state index contributed by atoms with van der Waals surface area (Å²) in [6, 6.07) is 4.20. The zero-order valence-corrected chi connectivity index (χ0v) is 11.7. The minimum atomic E-state index is 0.663. The number of nitrogens with zero attached hydrogens (tertiary/aromatic N) is 1. The van der Waals surface area contributed by atoms with Crippen LogP contribution in [0.4, 0.5) is 5.69 Å². The number of rotatable bonds is 1. The molecular weight excluding hydrogens is 286 g/mol. The Morgan fingerprint density at radius 2 is 2.00 bits per heavy atom. The Balaban J connectivity index is 1.83. The van der Waals surface area contributed by atoms with Crippen molar-refractivity contribution in [2.45, 2.75) is 26.2 Å². The van der Waals surface area contributed by atoms with E-state index in [4.69, 9.17) is 11.6 Å². The number of anilines is 1. The van der Waals surface area contributed by atoms with Crippen molar-refractivity contribution >= 4 is 33.2 Å². The van der Waals surface area contributed by atoms with Crippen LogP contribution in [0.15, 0.2) is 16.6 Å². The first kappa shape index (κ1) is 10.9. The van der Waals surface area contributed by atoms with Gasteiger partial charge in [0.05, 0.1) is 5.69 Å². The first-order valence-electron chi connectivity index (χ1n) is 5.80. The highest BCUT2D eigenvalue weighted by molar-refractivity contribution is 9.10. The number of benzene rings is 1. The summed E-state index contributed by atoms with van der Waals surface area (Å²) in [5, 5.41) is 0.868. The molecule has 0 bridgehead atoms. The standard InChI is InChI=1S/C13H15BrClN/c1-9-5-10(14)12(6-11(9)15)16-7-13(8-16)3-2-4-13/h5-6H,2-4,7-8H2,1H3. The summed E-state index contributed by atoms with van der Waals surface area (Å²) in [5.41, 5.74) is 3.06. The maximum absolute atomic E-state index is 6.18. The van der Waals surface area contributed by atoms with Crippen LogP contribution >= 0.6 is 27.5 Å². The van der Waals surface area contributed by atoms with Crippen LogP contribution in [0.2, 0.25) is 5.02 Å². The fourth-order valence-corrected chi connectivity index (χ4v) is 3.67. The number of halogens is 2. The van der Waals surface area contributed by atoms with Gasteiger partial charge in [-0.3, -0.25) is 0 Å². The molecule has 1 aliphatic heterocycles. The lowest BCUT2D eigenvalue weighted by Crippen LogP contribution is -2.59. The van der Waals surface area contributed by atoms with Crippen LogP contribution < -0.4 is 4.90 Å². The fraction of sp³-hybridized carbons (Fsp3) is 0.538. The molecule has 1 heterocycles. The predicted octanol–water partition coefficient (Wildman–Crippen LogP) is 4.40. The topological polar surface area (TPSA) is 3.24 Å². The van der Waals surface area contributed by atoms with Gasteiger partial charge in [0.25, 0.3) is 0 Å². The Morgan fingerprint density at radius 3 is 2.56 bits per heavy atom. The summed E-state index contributed by atoms with van der Waals surface area (Å²) in [6.07, 6.45) is 4.26. The third kappa shape index (κ3) is 1.58. The molecule has 2 fully saturated rings. The molecule has 1 saturated heterocycles. The fourth-order valence-electron chi connectivity index (χ4n) is 2.80. The first-order chi connectivity index (χ1) is 7.60. The molecule has 0 unspecified atom stereocenters. The van der Waals surface area contributed by atoms with Gasteiger partial charge in [-0.05, 0) is 53.4 Å². The van der Waals surface area contributed by atoms with Crippen molar-refractivity contribution in [2.24, 2.45) is 5.41 Å². The molecule has 1 aliphatic carbocycles. The van der Waals surface area contributed by atoms with E-state index in [0.717, 1.165) is 10.6 Å². The number of aryl methyl sites for hydroxylation is 1. The van der Waals surface area contributed by atoms with E-state index in [1.807, 2.05) is 6.92 Å². The van der Waals surface area contributed by atoms with E-state index in [-0.39, 0.29) is 0 Å². The molecule has 1 spiro atoms. The molecule has 0 atom stereocenters. The summed E-state index contributed by atoms with van der Waals surface area (Å²) in [4.78, 5) is 2.44. The van der Waals surface area contributed by atoms with Gasteiger partial charge in [-0.25, -0.2) is 0 Å². The Kier molecular flexibility index (Phi) is 2.48. The van der Waals surface area contributed by atoms with Crippen molar-refractivity contribution in [3.8, 4) is 0 Å². The van der Waals surface area contributed by atoms with E-state index < -0.39 is 0 Å². The maximum atomic E-state index is 6.18. The van der Waals surface area contributed by atoms with Crippen molar-refractivity contribution in [1.29, 1.82) is 0 Å². The molecule has 0 amide bonds. The number of hydrogen-bond acceptors (Lipinski definition) is 1. The minimum Gasteiger partial charge on any atom is -0.369 e. The normalized spacial score (nSPS) is 21.8. The van der Waals surface area contributed by atoms with Gasteiger partial charge < -0.3 is 4.90 Å². The van der Waals surface area contributed by atoms with Crippen LogP contribution in [-0.2, 0) is 0 Å². The molecular formula is C13H15BrClN. The Hall–Kier alpha value is -0.210. The van der Waals surface area contributed by atoms with Gasteiger partial charge in [-0.2, -0.15) is 0 Å². The quantitative estimate of drug-likeness (QED) is 0.743. The number of hydrogen-bond donors (Lipinski definition) is 0. The van der Waals surface area contributed by atoms with Crippen molar-refractivity contribution < 1.29 is 0 Å². The zero-order valence-electron chi connectivity index (χ0n) is 9.39. The smallest absolute Gasteiger partial charge is 0.0526 e. The van der Waals surface area contributed by atoms with Gasteiger partial charge >= 0.3 is 0 Å². The summed E-state index contributed by atoms with van der Waals surface area (Å²) in [7, 11) is 0. The zero-order chi connectivity index (χ0) is 11.3. The molecule has 3 heteroatoms. The molecule has 0 aromatic heterocycles. The molecule has 1 aromatic rings. The van der Waals surface area contributed by atoms with E-state index in [9.17, 15) is 0 Å². The Bertz CT molecular complexity index is 432. The second-order valence-electron chi connectivity index (χ2n) is 5.26. The van der Waals surface area contributed by atoms with Crippen LogP contribution in [0.3, 0.4) is 0 Å². The molecule has 16 heavy (non-hydrogen) atoms. The van der Waals surface area contributed by atoms with Crippen LogP contribution in [0, 0.1) is 12.3 Å². The summed E-state index contributed by atoms with van der Waals surface area (Å²) < 4.78 is 1.17. The SMILES string of the molecule is Cc1cc(Br)c(N2CC3(CCC3)C2)cc1Cl. The summed E-state index contributed by atoms with van der Waals surface area (Å²) >= 11 is 9.82. The lowest BCUT2D eigenvalue weighted by molar-refractivity contribution is 0.0903. The van der Waals surface area contributed by atoms with Crippen LogP contribution in [0.25, 0.3) is 0 Å². The third-order valence-corrected chi connectivity index (χ3v) is 5.08. The molecule has 1 nitrogen and oxygen atoms in total.